The van der Waals surface area contributed by atoms with Crippen molar-refractivity contribution in [1.29, 1.82) is 0 Å². The van der Waals surface area contributed by atoms with Crippen molar-refractivity contribution in [2.24, 2.45) is 7.05 Å². The molecule has 2 saturated heterocycles. The molecule has 1 spiro atoms. The Balaban J connectivity index is 1.66. The van der Waals surface area contributed by atoms with Crippen LogP contribution in [-0.2, 0) is 11.8 Å². The first kappa shape index (κ1) is 16.5. The summed E-state index contributed by atoms with van der Waals surface area (Å²) >= 11 is 0. The molecule has 0 atom stereocenters. The number of aromatic nitrogens is 3. The largest absolute Gasteiger partial charge is 0.381 e. The molecule has 0 saturated carbocycles. The molecule has 2 aliphatic heterocycles. The molecular weight excluding hydrogens is 318 g/mol. The van der Waals surface area contributed by atoms with Crippen LogP contribution in [0.15, 0.2) is 12.3 Å². The Hall–Kier alpha value is -1.99. The number of rotatable bonds is 1. The Morgan fingerprint density at radius 1 is 1.24 bits per heavy atom. The molecule has 134 valence electrons. The van der Waals surface area contributed by atoms with E-state index in [1.54, 1.807) is 12.3 Å². The van der Waals surface area contributed by atoms with Crippen LogP contribution in [0.25, 0.3) is 11.2 Å². The maximum Gasteiger partial charge on any atom is 0.256 e. The van der Waals surface area contributed by atoms with E-state index in [1.165, 1.54) is 0 Å². The number of ether oxygens (including phenoxy) is 1. The number of hydrogen-bond donors (Lipinski definition) is 0. The SMILES string of the molecule is Cc1nc2c(C(=O)N3CCN(C)C4(CCOCC4)C3)ccnc2n1C. The predicted octanol–water partition coefficient (Wildman–Crippen LogP) is 1.21. The van der Waals surface area contributed by atoms with E-state index in [0.717, 1.165) is 57.2 Å². The second kappa shape index (κ2) is 6.07. The summed E-state index contributed by atoms with van der Waals surface area (Å²) in [5, 5.41) is 0. The highest BCUT2D eigenvalue weighted by molar-refractivity contribution is 6.04. The van der Waals surface area contributed by atoms with Gasteiger partial charge in [0.25, 0.3) is 5.91 Å². The van der Waals surface area contributed by atoms with E-state index in [2.05, 4.69) is 21.9 Å². The number of likely N-dealkylation sites (N-methyl/N-ethyl adjacent to an activating group) is 1. The fraction of sp³-hybridized carbons (Fsp3) is 0.611. The Labute approximate surface area is 147 Å². The lowest BCUT2D eigenvalue weighted by atomic mass is 9.85. The highest BCUT2D eigenvalue weighted by Crippen LogP contribution is 2.31. The minimum absolute atomic E-state index is 0.0400. The van der Waals surface area contributed by atoms with E-state index in [1.807, 2.05) is 23.4 Å². The van der Waals surface area contributed by atoms with Crippen LogP contribution in [-0.4, -0.2) is 75.7 Å². The zero-order valence-corrected chi connectivity index (χ0v) is 15.2. The van der Waals surface area contributed by atoms with Crippen molar-refractivity contribution in [2.45, 2.75) is 25.3 Å². The van der Waals surface area contributed by atoms with Crippen LogP contribution >= 0.6 is 0 Å². The number of aryl methyl sites for hydroxylation is 2. The van der Waals surface area contributed by atoms with Crippen molar-refractivity contribution in [3.8, 4) is 0 Å². The third kappa shape index (κ3) is 2.62. The number of imidazole rings is 1. The lowest BCUT2D eigenvalue weighted by Crippen LogP contribution is -2.63. The lowest BCUT2D eigenvalue weighted by Gasteiger charge is -2.51. The van der Waals surface area contributed by atoms with Crippen LogP contribution in [0.5, 0.6) is 0 Å². The van der Waals surface area contributed by atoms with E-state index >= 15 is 0 Å². The number of carbonyl (C=O) groups is 1. The molecule has 7 nitrogen and oxygen atoms in total. The molecule has 2 aromatic rings. The molecule has 2 aromatic heterocycles. The minimum atomic E-state index is 0.0400. The van der Waals surface area contributed by atoms with Gasteiger partial charge in [0.2, 0.25) is 0 Å². The summed E-state index contributed by atoms with van der Waals surface area (Å²) in [6.45, 7) is 5.86. The molecule has 0 unspecified atom stereocenters. The van der Waals surface area contributed by atoms with Gasteiger partial charge in [0.15, 0.2) is 5.65 Å². The second-order valence-corrected chi connectivity index (χ2v) is 7.23. The summed E-state index contributed by atoms with van der Waals surface area (Å²) in [4.78, 5) is 26.6. The molecule has 0 aromatic carbocycles. The number of hydrogen-bond acceptors (Lipinski definition) is 5. The van der Waals surface area contributed by atoms with Crippen molar-refractivity contribution >= 4 is 17.1 Å². The second-order valence-electron chi connectivity index (χ2n) is 7.23. The third-order valence-corrected chi connectivity index (χ3v) is 5.92. The maximum atomic E-state index is 13.3. The first-order valence-corrected chi connectivity index (χ1v) is 8.88. The van der Waals surface area contributed by atoms with Gasteiger partial charge in [-0.2, -0.15) is 0 Å². The highest BCUT2D eigenvalue weighted by Gasteiger charge is 2.42. The standard InChI is InChI=1S/C18H25N5O2/c1-13-20-15-14(4-7-19-16(15)22(13)3)17(24)23-9-8-21(2)18(12-23)5-10-25-11-6-18/h4,7H,5-6,8-12H2,1-3H3. The van der Waals surface area contributed by atoms with Crippen LogP contribution in [0.4, 0.5) is 0 Å². The van der Waals surface area contributed by atoms with Crippen LogP contribution in [0.1, 0.15) is 29.0 Å². The average Bonchev–Trinajstić information content (AvgIpc) is 2.92. The van der Waals surface area contributed by atoms with E-state index in [4.69, 9.17) is 4.74 Å². The average molecular weight is 343 g/mol. The van der Waals surface area contributed by atoms with E-state index in [-0.39, 0.29) is 11.4 Å². The van der Waals surface area contributed by atoms with Gasteiger partial charge in [0.05, 0.1) is 5.56 Å². The number of amides is 1. The number of pyridine rings is 1. The van der Waals surface area contributed by atoms with Gasteiger partial charge in [-0.1, -0.05) is 0 Å². The molecule has 0 bridgehead atoms. The molecule has 1 amide bonds. The zero-order chi connectivity index (χ0) is 17.6. The first-order valence-electron chi connectivity index (χ1n) is 8.88. The van der Waals surface area contributed by atoms with E-state index in [9.17, 15) is 4.79 Å². The molecule has 0 aliphatic carbocycles. The Morgan fingerprint density at radius 2 is 2.00 bits per heavy atom. The highest BCUT2D eigenvalue weighted by atomic mass is 16.5. The molecule has 4 heterocycles. The fourth-order valence-electron chi connectivity index (χ4n) is 4.06. The van der Waals surface area contributed by atoms with Gasteiger partial charge in [-0.25, -0.2) is 9.97 Å². The van der Waals surface area contributed by atoms with Gasteiger partial charge in [-0.05, 0) is 32.9 Å². The summed E-state index contributed by atoms with van der Waals surface area (Å²) in [5.74, 6) is 0.923. The van der Waals surface area contributed by atoms with Gasteiger partial charge in [0, 0.05) is 51.6 Å². The Morgan fingerprint density at radius 3 is 2.76 bits per heavy atom. The maximum absolute atomic E-state index is 13.3. The smallest absolute Gasteiger partial charge is 0.256 e. The van der Waals surface area contributed by atoms with Crippen LogP contribution < -0.4 is 0 Å². The third-order valence-electron chi connectivity index (χ3n) is 5.92. The van der Waals surface area contributed by atoms with Gasteiger partial charge in [-0.15, -0.1) is 0 Å². The van der Waals surface area contributed by atoms with Crippen molar-refractivity contribution in [3.05, 3.63) is 23.7 Å². The van der Waals surface area contributed by atoms with Crippen LogP contribution in [0.3, 0.4) is 0 Å². The Kier molecular flexibility index (Phi) is 4.00. The van der Waals surface area contributed by atoms with Crippen molar-refractivity contribution < 1.29 is 9.53 Å². The Bertz CT molecular complexity index is 809. The fourth-order valence-corrected chi connectivity index (χ4v) is 4.06. The molecule has 25 heavy (non-hydrogen) atoms. The van der Waals surface area contributed by atoms with Crippen molar-refractivity contribution in [1.82, 2.24) is 24.3 Å². The zero-order valence-electron chi connectivity index (χ0n) is 15.2. The summed E-state index contributed by atoms with van der Waals surface area (Å²) in [6, 6.07) is 1.80. The van der Waals surface area contributed by atoms with Crippen LogP contribution in [0.2, 0.25) is 0 Å². The van der Waals surface area contributed by atoms with Crippen LogP contribution in [0, 0.1) is 6.92 Å². The number of fused-ring (bicyclic) bond motifs is 1. The molecule has 7 heteroatoms. The van der Waals surface area contributed by atoms with Gasteiger partial charge in [0.1, 0.15) is 11.3 Å². The van der Waals surface area contributed by atoms with E-state index < -0.39 is 0 Å². The molecule has 4 rings (SSSR count). The van der Waals surface area contributed by atoms with Gasteiger partial charge >= 0.3 is 0 Å². The topological polar surface area (TPSA) is 63.5 Å². The minimum Gasteiger partial charge on any atom is -0.381 e. The summed E-state index contributed by atoms with van der Waals surface area (Å²) in [5.41, 5.74) is 2.16. The molecular formula is C18H25N5O2. The number of carbonyl (C=O) groups excluding carboxylic acids is 1. The summed E-state index contributed by atoms with van der Waals surface area (Å²) in [7, 11) is 4.10. The lowest BCUT2D eigenvalue weighted by molar-refractivity contribution is -0.0543. The summed E-state index contributed by atoms with van der Waals surface area (Å²) in [6.07, 6.45) is 3.65. The monoisotopic (exact) mass is 343 g/mol. The van der Waals surface area contributed by atoms with Crippen molar-refractivity contribution in [3.63, 3.8) is 0 Å². The molecule has 2 aliphatic rings. The first-order chi connectivity index (χ1) is 12.0. The number of piperazine rings is 1. The molecule has 0 N–H and O–H groups in total. The molecule has 0 radical (unpaired) electrons. The predicted molar refractivity (Wildman–Crippen MR) is 94.6 cm³/mol. The van der Waals surface area contributed by atoms with Gasteiger partial charge < -0.3 is 14.2 Å². The summed E-state index contributed by atoms with van der Waals surface area (Å²) < 4.78 is 7.47. The normalized spacial score (nSPS) is 21.2. The molecule has 2 fully saturated rings. The quantitative estimate of drug-likeness (QED) is 0.779. The van der Waals surface area contributed by atoms with Crippen molar-refractivity contribution in [2.75, 3.05) is 39.9 Å². The van der Waals surface area contributed by atoms with Gasteiger partial charge in [-0.3, -0.25) is 9.69 Å². The number of nitrogens with zero attached hydrogens (tertiary/aromatic N) is 5. The van der Waals surface area contributed by atoms with E-state index in [0.29, 0.717) is 11.1 Å².